The molecular weight excluding hydrogens is 222 g/mol. The van der Waals surface area contributed by atoms with Crippen LogP contribution < -0.4 is 0 Å². The summed E-state index contributed by atoms with van der Waals surface area (Å²) in [6.45, 7) is 0. The molecule has 17 heavy (non-hydrogen) atoms. The standard InChI is InChI=1S/C11H9N3O3/c1-17-11(16)9-7-14-8(3-2-4-15)5-13-10(14)6-12-9/h2-7H,1H3/b3-2+. The summed E-state index contributed by atoms with van der Waals surface area (Å²) in [5.74, 6) is -0.522. The van der Waals surface area contributed by atoms with Crippen LogP contribution in [0.3, 0.4) is 0 Å². The first-order chi connectivity index (χ1) is 8.26. The molecule has 6 heteroatoms. The predicted molar refractivity (Wildman–Crippen MR) is 59.4 cm³/mol. The van der Waals surface area contributed by atoms with Gasteiger partial charge in [0.05, 0.1) is 25.2 Å². The van der Waals surface area contributed by atoms with E-state index in [0.29, 0.717) is 17.6 Å². The SMILES string of the molecule is COC(=O)c1cn2c(/C=C/C=O)cnc2cn1. The van der Waals surface area contributed by atoms with Gasteiger partial charge in [0, 0.05) is 6.20 Å². The van der Waals surface area contributed by atoms with Crippen molar-refractivity contribution >= 4 is 24.0 Å². The highest BCUT2D eigenvalue weighted by molar-refractivity contribution is 5.87. The van der Waals surface area contributed by atoms with E-state index < -0.39 is 5.97 Å². The maximum Gasteiger partial charge on any atom is 0.358 e. The van der Waals surface area contributed by atoms with Crippen LogP contribution in [0.5, 0.6) is 0 Å². The molecule has 6 nitrogen and oxygen atoms in total. The van der Waals surface area contributed by atoms with E-state index >= 15 is 0 Å². The van der Waals surface area contributed by atoms with E-state index in [9.17, 15) is 9.59 Å². The van der Waals surface area contributed by atoms with Gasteiger partial charge in [0.2, 0.25) is 0 Å². The van der Waals surface area contributed by atoms with Crippen LogP contribution in [-0.2, 0) is 9.53 Å². The van der Waals surface area contributed by atoms with E-state index in [4.69, 9.17) is 0 Å². The number of methoxy groups -OCH3 is 1. The zero-order valence-corrected chi connectivity index (χ0v) is 9.03. The van der Waals surface area contributed by atoms with Crippen molar-refractivity contribution in [1.29, 1.82) is 0 Å². The number of nitrogens with zero attached hydrogens (tertiary/aromatic N) is 3. The molecule has 0 radical (unpaired) electrons. The summed E-state index contributed by atoms with van der Waals surface area (Å²) in [5, 5.41) is 0. The third-order valence-corrected chi connectivity index (χ3v) is 2.16. The number of aldehydes is 1. The smallest absolute Gasteiger partial charge is 0.358 e. The number of fused-ring (bicyclic) bond motifs is 1. The highest BCUT2D eigenvalue weighted by atomic mass is 16.5. The Morgan fingerprint density at radius 2 is 2.24 bits per heavy atom. The number of carbonyl (C=O) groups excluding carboxylic acids is 2. The zero-order chi connectivity index (χ0) is 12.3. The van der Waals surface area contributed by atoms with E-state index in [1.54, 1.807) is 16.7 Å². The Morgan fingerprint density at radius 3 is 2.94 bits per heavy atom. The van der Waals surface area contributed by atoms with Crippen LogP contribution in [-0.4, -0.2) is 33.7 Å². The van der Waals surface area contributed by atoms with Gasteiger partial charge in [0.15, 0.2) is 11.3 Å². The summed E-state index contributed by atoms with van der Waals surface area (Å²) in [5.41, 5.74) is 1.45. The molecule has 0 unspecified atom stereocenters. The lowest BCUT2D eigenvalue weighted by Gasteiger charge is -2.00. The summed E-state index contributed by atoms with van der Waals surface area (Å²) in [6.07, 6.45) is 8.17. The van der Waals surface area contributed by atoms with Crippen molar-refractivity contribution in [2.24, 2.45) is 0 Å². The number of rotatable bonds is 3. The minimum Gasteiger partial charge on any atom is -0.464 e. The summed E-state index contributed by atoms with van der Waals surface area (Å²) in [4.78, 5) is 29.6. The van der Waals surface area contributed by atoms with Gasteiger partial charge in [-0.1, -0.05) is 0 Å². The number of aromatic nitrogens is 3. The lowest BCUT2D eigenvalue weighted by atomic mass is 10.4. The number of imidazole rings is 1. The minimum absolute atomic E-state index is 0.179. The Labute approximate surface area is 96.6 Å². The molecule has 2 rings (SSSR count). The van der Waals surface area contributed by atoms with Crippen LogP contribution in [0.4, 0.5) is 0 Å². The van der Waals surface area contributed by atoms with Crippen LogP contribution in [0.15, 0.2) is 24.7 Å². The quantitative estimate of drug-likeness (QED) is 0.442. The Kier molecular flexibility index (Phi) is 2.95. The van der Waals surface area contributed by atoms with Crippen LogP contribution in [0.1, 0.15) is 16.2 Å². The fourth-order valence-corrected chi connectivity index (χ4v) is 1.38. The monoisotopic (exact) mass is 231 g/mol. The van der Waals surface area contributed by atoms with Crippen molar-refractivity contribution in [3.8, 4) is 0 Å². The fourth-order valence-electron chi connectivity index (χ4n) is 1.38. The van der Waals surface area contributed by atoms with Crippen LogP contribution >= 0.6 is 0 Å². The number of carbonyl (C=O) groups is 2. The van der Waals surface area contributed by atoms with E-state index in [1.807, 2.05) is 0 Å². The maximum absolute atomic E-state index is 11.3. The van der Waals surface area contributed by atoms with Crippen molar-refractivity contribution in [3.63, 3.8) is 0 Å². The summed E-state index contributed by atoms with van der Waals surface area (Å²) in [6, 6.07) is 0. The molecule has 0 aliphatic rings. The highest BCUT2D eigenvalue weighted by Crippen LogP contribution is 2.08. The molecule has 0 saturated heterocycles. The van der Waals surface area contributed by atoms with E-state index in [0.717, 1.165) is 0 Å². The van der Waals surface area contributed by atoms with Gasteiger partial charge in [-0.3, -0.25) is 9.20 Å². The molecule has 86 valence electrons. The summed E-state index contributed by atoms with van der Waals surface area (Å²) < 4.78 is 6.23. The van der Waals surface area contributed by atoms with Crippen LogP contribution in [0.2, 0.25) is 0 Å². The predicted octanol–water partition coefficient (Wildman–Crippen LogP) is 0.728. The molecular formula is C11H9N3O3. The van der Waals surface area contributed by atoms with Crippen molar-refractivity contribution < 1.29 is 14.3 Å². The molecule has 0 bridgehead atoms. The van der Waals surface area contributed by atoms with E-state index in [2.05, 4.69) is 14.7 Å². The van der Waals surface area contributed by atoms with Gasteiger partial charge in [0.1, 0.15) is 6.29 Å². The van der Waals surface area contributed by atoms with Gasteiger partial charge < -0.3 is 4.74 Å². The van der Waals surface area contributed by atoms with Crippen molar-refractivity contribution in [2.75, 3.05) is 7.11 Å². The second-order valence-corrected chi connectivity index (χ2v) is 3.17. The molecule has 2 aromatic rings. The Balaban J connectivity index is 2.53. The lowest BCUT2D eigenvalue weighted by Crippen LogP contribution is -2.06. The average Bonchev–Trinajstić information content (AvgIpc) is 2.77. The van der Waals surface area contributed by atoms with Gasteiger partial charge in [0.25, 0.3) is 0 Å². The van der Waals surface area contributed by atoms with Crippen LogP contribution in [0, 0.1) is 0 Å². The molecule has 0 spiro atoms. The molecule has 2 aromatic heterocycles. The van der Waals surface area contributed by atoms with E-state index in [-0.39, 0.29) is 5.69 Å². The third-order valence-electron chi connectivity index (χ3n) is 2.16. The molecule has 0 saturated carbocycles. The molecule has 0 aliphatic heterocycles. The van der Waals surface area contributed by atoms with Crippen molar-refractivity contribution in [1.82, 2.24) is 14.4 Å². The molecule has 0 fully saturated rings. The van der Waals surface area contributed by atoms with Crippen molar-refractivity contribution in [3.05, 3.63) is 36.1 Å². The van der Waals surface area contributed by atoms with Gasteiger partial charge >= 0.3 is 5.97 Å². The second-order valence-electron chi connectivity index (χ2n) is 3.17. The minimum atomic E-state index is -0.522. The number of esters is 1. The molecule has 0 N–H and O–H groups in total. The zero-order valence-electron chi connectivity index (χ0n) is 9.03. The Hall–Kier alpha value is -2.50. The number of allylic oxidation sites excluding steroid dienone is 1. The molecule has 0 aliphatic carbocycles. The molecule has 0 aromatic carbocycles. The Bertz CT molecular complexity index is 601. The van der Waals surface area contributed by atoms with Gasteiger partial charge in [-0.2, -0.15) is 0 Å². The normalized spacial score (nSPS) is 10.9. The topological polar surface area (TPSA) is 73.6 Å². The summed E-state index contributed by atoms with van der Waals surface area (Å²) in [7, 11) is 1.29. The summed E-state index contributed by atoms with van der Waals surface area (Å²) >= 11 is 0. The molecule has 0 atom stereocenters. The molecule has 0 amide bonds. The number of hydrogen-bond acceptors (Lipinski definition) is 5. The average molecular weight is 231 g/mol. The molecule has 2 heterocycles. The van der Waals surface area contributed by atoms with Gasteiger partial charge in [-0.25, -0.2) is 14.8 Å². The first-order valence-electron chi connectivity index (χ1n) is 4.79. The lowest BCUT2D eigenvalue weighted by molar-refractivity contribution is -0.104. The first kappa shape index (κ1) is 11.0. The van der Waals surface area contributed by atoms with E-state index in [1.165, 1.54) is 25.6 Å². The number of ether oxygens (including phenoxy) is 1. The second kappa shape index (κ2) is 4.56. The van der Waals surface area contributed by atoms with Crippen LogP contribution in [0.25, 0.3) is 11.7 Å². The third kappa shape index (κ3) is 2.05. The first-order valence-corrected chi connectivity index (χ1v) is 4.79. The van der Waals surface area contributed by atoms with Crippen molar-refractivity contribution in [2.45, 2.75) is 0 Å². The maximum atomic E-state index is 11.3. The Morgan fingerprint density at radius 1 is 1.41 bits per heavy atom. The highest BCUT2D eigenvalue weighted by Gasteiger charge is 2.09. The number of hydrogen-bond donors (Lipinski definition) is 0. The van der Waals surface area contributed by atoms with Gasteiger partial charge in [-0.05, 0) is 12.2 Å². The fraction of sp³-hybridized carbons (Fsp3) is 0.0909. The largest absolute Gasteiger partial charge is 0.464 e. The van der Waals surface area contributed by atoms with Gasteiger partial charge in [-0.15, -0.1) is 0 Å².